The maximum absolute atomic E-state index is 12.9. The Morgan fingerprint density at radius 1 is 1.19 bits per heavy atom. The van der Waals surface area contributed by atoms with Crippen molar-refractivity contribution >= 4 is 31.6 Å². The lowest BCUT2D eigenvalue weighted by atomic mass is 10.2. The number of likely N-dealkylation sites (N-methyl/N-ethyl adjacent to an activating group) is 1. The highest BCUT2D eigenvalue weighted by Gasteiger charge is 2.26. The molecule has 2 N–H and O–H groups in total. The Labute approximate surface area is 136 Å². The SMILES string of the molecule is CCCN(CCN(C)C)S(=O)(=O)c1cc(N)c(Br)cc1C. The first-order valence-corrected chi connectivity index (χ1v) is 9.14. The number of nitrogens with two attached hydrogens (primary N) is 1. The zero-order chi connectivity index (χ0) is 16.2. The monoisotopic (exact) mass is 377 g/mol. The van der Waals surface area contributed by atoms with Crippen molar-refractivity contribution in [2.45, 2.75) is 25.2 Å². The van der Waals surface area contributed by atoms with Gasteiger partial charge in [-0.1, -0.05) is 6.92 Å². The number of benzene rings is 1. The van der Waals surface area contributed by atoms with Crippen LogP contribution < -0.4 is 5.73 Å². The molecule has 120 valence electrons. The molecule has 0 fully saturated rings. The minimum Gasteiger partial charge on any atom is -0.398 e. The van der Waals surface area contributed by atoms with Crippen molar-refractivity contribution in [3.63, 3.8) is 0 Å². The second-order valence-electron chi connectivity index (χ2n) is 5.35. The van der Waals surface area contributed by atoms with Gasteiger partial charge in [0.1, 0.15) is 0 Å². The van der Waals surface area contributed by atoms with Gasteiger partial charge in [0.2, 0.25) is 10.0 Å². The van der Waals surface area contributed by atoms with Crippen LogP contribution in [0.5, 0.6) is 0 Å². The molecular weight excluding hydrogens is 354 g/mol. The van der Waals surface area contributed by atoms with E-state index in [0.29, 0.717) is 35.4 Å². The normalized spacial score (nSPS) is 12.3. The Hall–Kier alpha value is -0.630. The van der Waals surface area contributed by atoms with Gasteiger partial charge >= 0.3 is 0 Å². The molecule has 0 bridgehead atoms. The van der Waals surface area contributed by atoms with Crippen LogP contribution in [0.25, 0.3) is 0 Å². The Morgan fingerprint density at radius 2 is 1.81 bits per heavy atom. The predicted molar refractivity (Wildman–Crippen MR) is 90.9 cm³/mol. The van der Waals surface area contributed by atoms with Crippen LogP contribution in [-0.2, 0) is 10.0 Å². The third-order valence-corrected chi connectivity index (χ3v) is 5.91. The maximum atomic E-state index is 12.9. The van der Waals surface area contributed by atoms with E-state index in [1.54, 1.807) is 13.0 Å². The summed E-state index contributed by atoms with van der Waals surface area (Å²) in [4.78, 5) is 2.26. The fourth-order valence-electron chi connectivity index (χ4n) is 2.00. The van der Waals surface area contributed by atoms with Gasteiger partial charge in [0.15, 0.2) is 0 Å². The molecule has 0 radical (unpaired) electrons. The average molecular weight is 378 g/mol. The molecule has 0 amide bonds. The minimum atomic E-state index is -3.52. The Bertz CT molecular complexity index is 588. The van der Waals surface area contributed by atoms with E-state index in [4.69, 9.17) is 5.73 Å². The third-order valence-electron chi connectivity index (χ3n) is 3.18. The summed E-state index contributed by atoms with van der Waals surface area (Å²) in [5.41, 5.74) is 6.97. The quantitative estimate of drug-likeness (QED) is 0.740. The van der Waals surface area contributed by atoms with Gasteiger partial charge in [0.05, 0.1) is 4.90 Å². The van der Waals surface area contributed by atoms with Crippen molar-refractivity contribution in [2.75, 3.05) is 39.5 Å². The molecule has 0 saturated carbocycles. The molecule has 5 nitrogen and oxygen atoms in total. The summed E-state index contributed by atoms with van der Waals surface area (Å²) in [6.07, 6.45) is 0.776. The third kappa shape index (κ3) is 4.67. The molecule has 1 aromatic carbocycles. The van der Waals surface area contributed by atoms with Crippen LogP contribution in [0, 0.1) is 6.92 Å². The zero-order valence-corrected chi connectivity index (χ0v) is 15.5. The van der Waals surface area contributed by atoms with E-state index in [1.165, 1.54) is 10.4 Å². The van der Waals surface area contributed by atoms with Gasteiger partial charge in [0.25, 0.3) is 0 Å². The first-order valence-electron chi connectivity index (χ1n) is 6.90. The molecule has 7 heteroatoms. The number of sulfonamides is 1. The lowest BCUT2D eigenvalue weighted by Crippen LogP contribution is -2.37. The molecule has 21 heavy (non-hydrogen) atoms. The number of aryl methyl sites for hydroxylation is 1. The summed E-state index contributed by atoms with van der Waals surface area (Å²) in [5.74, 6) is 0. The summed E-state index contributed by atoms with van der Waals surface area (Å²) in [6.45, 7) is 5.42. The number of anilines is 1. The van der Waals surface area contributed by atoms with Gasteiger partial charge in [-0.05, 0) is 61.1 Å². The molecule has 0 unspecified atom stereocenters. The molecule has 0 aliphatic heterocycles. The fraction of sp³-hybridized carbons (Fsp3) is 0.571. The maximum Gasteiger partial charge on any atom is 0.243 e. The largest absolute Gasteiger partial charge is 0.398 e. The predicted octanol–water partition coefficient (Wildman–Crippen LogP) is 2.30. The summed E-state index contributed by atoms with van der Waals surface area (Å²) < 4.78 is 28.0. The number of hydrogen-bond donors (Lipinski definition) is 1. The Kier molecular flexibility index (Phi) is 6.65. The van der Waals surface area contributed by atoms with Crippen molar-refractivity contribution in [3.8, 4) is 0 Å². The summed E-state index contributed by atoms with van der Waals surface area (Å²) in [5, 5.41) is 0. The molecule has 0 heterocycles. The highest BCUT2D eigenvalue weighted by Crippen LogP contribution is 2.28. The number of halogens is 1. The van der Waals surface area contributed by atoms with Crippen LogP contribution in [-0.4, -0.2) is 51.4 Å². The van der Waals surface area contributed by atoms with Crippen LogP contribution in [0.3, 0.4) is 0 Å². The molecule has 0 spiro atoms. The van der Waals surface area contributed by atoms with Crippen molar-refractivity contribution in [1.82, 2.24) is 9.21 Å². The van der Waals surface area contributed by atoms with Gasteiger partial charge in [-0.15, -0.1) is 0 Å². The smallest absolute Gasteiger partial charge is 0.243 e. The molecule has 1 rings (SSSR count). The van der Waals surface area contributed by atoms with Crippen molar-refractivity contribution in [1.29, 1.82) is 0 Å². The summed E-state index contributed by atoms with van der Waals surface area (Å²) >= 11 is 3.32. The van der Waals surface area contributed by atoms with Gasteiger partial charge in [-0.2, -0.15) is 4.31 Å². The van der Waals surface area contributed by atoms with Crippen LogP contribution in [0.2, 0.25) is 0 Å². The van der Waals surface area contributed by atoms with Gasteiger partial charge < -0.3 is 10.6 Å². The Balaban J connectivity index is 3.19. The summed E-state index contributed by atoms with van der Waals surface area (Å²) in [7, 11) is 0.337. The van der Waals surface area contributed by atoms with E-state index in [2.05, 4.69) is 15.9 Å². The minimum absolute atomic E-state index is 0.287. The van der Waals surface area contributed by atoms with Gasteiger partial charge in [0, 0.05) is 29.8 Å². The first kappa shape index (κ1) is 18.4. The number of nitrogen functional groups attached to an aromatic ring is 1. The van der Waals surface area contributed by atoms with E-state index in [0.717, 1.165) is 6.42 Å². The van der Waals surface area contributed by atoms with Crippen molar-refractivity contribution < 1.29 is 8.42 Å². The van der Waals surface area contributed by atoms with E-state index in [9.17, 15) is 8.42 Å². The molecule has 0 atom stereocenters. The number of hydrogen-bond acceptors (Lipinski definition) is 4. The standard InChI is InChI=1S/C14H24BrN3O2S/c1-5-6-18(8-7-17(3)4)21(19,20)14-10-13(16)12(15)9-11(14)2/h9-10H,5-8,16H2,1-4H3. The molecule has 0 aliphatic rings. The highest BCUT2D eigenvalue weighted by atomic mass is 79.9. The molecule has 0 aromatic heterocycles. The summed E-state index contributed by atoms with van der Waals surface area (Å²) in [6, 6.07) is 3.28. The second-order valence-corrected chi connectivity index (χ2v) is 8.11. The van der Waals surface area contributed by atoms with E-state index >= 15 is 0 Å². The molecule has 0 aliphatic carbocycles. The van der Waals surface area contributed by atoms with Crippen LogP contribution >= 0.6 is 15.9 Å². The van der Waals surface area contributed by atoms with Crippen LogP contribution in [0.1, 0.15) is 18.9 Å². The number of nitrogens with zero attached hydrogens (tertiary/aromatic N) is 2. The van der Waals surface area contributed by atoms with Crippen molar-refractivity contribution in [3.05, 3.63) is 22.2 Å². The Morgan fingerprint density at radius 3 is 2.33 bits per heavy atom. The lowest BCUT2D eigenvalue weighted by molar-refractivity contribution is 0.333. The van der Waals surface area contributed by atoms with E-state index in [1.807, 2.05) is 25.9 Å². The fourth-order valence-corrected chi connectivity index (χ4v) is 4.22. The highest BCUT2D eigenvalue weighted by molar-refractivity contribution is 9.10. The number of rotatable bonds is 7. The van der Waals surface area contributed by atoms with Crippen molar-refractivity contribution in [2.24, 2.45) is 0 Å². The van der Waals surface area contributed by atoms with Gasteiger partial charge in [-0.3, -0.25) is 0 Å². The van der Waals surface area contributed by atoms with E-state index in [-0.39, 0.29) is 4.90 Å². The lowest BCUT2D eigenvalue weighted by Gasteiger charge is -2.24. The van der Waals surface area contributed by atoms with Gasteiger partial charge in [-0.25, -0.2) is 8.42 Å². The van der Waals surface area contributed by atoms with Crippen LogP contribution in [0.15, 0.2) is 21.5 Å². The molecular formula is C14H24BrN3O2S. The van der Waals surface area contributed by atoms with E-state index < -0.39 is 10.0 Å². The zero-order valence-electron chi connectivity index (χ0n) is 13.1. The molecule has 1 aromatic rings. The average Bonchev–Trinajstić information content (AvgIpc) is 2.38. The topological polar surface area (TPSA) is 66.6 Å². The molecule has 0 saturated heterocycles. The first-order chi connectivity index (χ1) is 9.70. The van der Waals surface area contributed by atoms with Crippen LogP contribution in [0.4, 0.5) is 5.69 Å². The second kappa shape index (κ2) is 7.58.